The van der Waals surface area contributed by atoms with E-state index in [4.69, 9.17) is 20.8 Å². The van der Waals surface area contributed by atoms with Crippen LogP contribution in [0.5, 0.6) is 0 Å². The Morgan fingerprint density at radius 2 is 1.89 bits per heavy atom. The third-order valence-electron chi connectivity index (χ3n) is 5.74. The summed E-state index contributed by atoms with van der Waals surface area (Å²) in [6.07, 6.45) is 2.97. The van der Waals surface area contributed by atoms with Crippen molar-refractivity contribution in [2.75, 3.05) is 24.6 Å². The minimum Gasteiger partial charge on any atom is -0.459 e. The number of hydrogen-bond donors (Lipinski definition) is 2. The molecule has 8 nitrogen and oxygen atoms in total. The highest BCUT2D eigenvalue weighted by Gasteiger charge is 2.34. The zero-order chi connectivity index (χ0) is 25.5. The zero-order valence-electron chi connectivity index (χ0n) is 19.3. The first-order valence-corrected chi connectivity index (χ1v) is 11.8. The molecule has 2 aromatic carbocycles. The van der Waals surface area contributed by atoms with E-state index in [9.17, 15) is 18.8 Å². The van der Waals surface area contributed by atoms with Crippen molar-refractivity contribution in [3.8, 4) is 0 Å². The van der Waals surface area contributed by atoms with E-state index in [1.807, 2.05) is 0 Å². The highest BCUT2D eigenvalue weighted by atomic mass is 35.5. The molecule has 3 amide bonds. The molecule has 1 aromatic heterocycles. The van der Waals surface area contributed by atoms with E-state index in [2.05, 4.69) is 10.6 Å². The van der Waals surface area contributed by atoms with Crippen molar-refractivity contribution in [3.05, 3.63) is 89.1 Å². The van der Waals surface area contributed by atoms with Gasteiger partial charge >= 0.3 is 0 Å². The minimum atomic E-state index is -1.12. The molecule has 3 aromatic rings. The molecule has 0 spiro atoms. The predicted octanol–water partition coefficient (Wildman–Crippen LogP) is 3.87. The van der Waals surface area contributed by atoms with Gasteiger partial charge in [-0.2, -0.15) is 0 Å². The lowest BCUT2D eigenvalue weighted by molar-refractivity contribution is -0.126. The van der Waals surface area contributed by atoms with E-state index in [1.54, 1.807) is 36.4 Å². The fraction of sp³-hybridized carbons (Fsp3) is 0.269. The van der Waals surface area contributed by atoms with Gasteiger partial charge < -0.3 is 19.8 Å². The highest BCUT2D eigenvalue weighted by Crippen LogP contribution is 2.31. The van der Waals surface area contributed by atoms with Gasteiger partial charge in [0.2, 0.25) is 11.8 Å². The number of hydrogen-bond acceptors (Lipinski definition) is 5. The Kier molecular flexibility index (Phi) is 8.35. The van der Waals surface area contributed by atoms with Crippen LogP contribution < -0.4 is 15.5 Å². The minimum absolute atomic E-state index is 0.0353. The van der Waals surface area contributed by atoms with Gasteiger partial charge in [0.15, 0.2) is 5.76 Å². The fourth-order valence-electron chi connectivity index (χ4n) is 3.98. The van der Waals surface area contributed by atoms with Crippen molar-refractivity contribution in [1.82, 2.24) is 10.6 Å². The Labute approximate surface area is 212 Å². The number of benzene rings is 2. The monoisotopic (exact) mass is 513 g/mol. The molecule has 2 heterocycles. The lowest BCUT2D eigenvalue weighted by Gasteiger charge is -2.32. The molecular formula is C26H25ClFN3O5. The molecule has 0 bridgehead atoms. The summed E-state index contributed by atoms with van der Waals surface area (Å²) in [6, 6.07) is 14.3. The average molecular weight is 514 g/mol. The number of carbonyl (C=O) groups excluding carboxylic acids is 3. The highest BCUT2D eigenvalue weighted by molar-refractivity contribution is 6.31. The number of amides is 3. The number of halogens is 2. The van der Waals surface area contributed by atoms with Crippen LogP contribution in [0.3, 0.4) is 0 Å². The van der Waals surface area contributed by atoms with Crippen molar-refractivity contribution >= 4 is 35.0 Å². The second-order valence-corrected chi connectivity index (χ2v) is 8.62. The molecule has 188 valence electrons. The SMILES string of the molecule is O=C(NCC(=O)N(c1ccc(F)c(Cl)c1)[C@@H](C(=O)NC[C@H]1CCCO1)c1ccccc1)c1ccco1. The van der Waals surface area contributed by atoms with Crippen molar-refractivity contribution in [1.29, 1.82) is 0 Å². The summed E-state index contributed by atoms with van der Waals surface area (Å²) in [7, 11) is 0. The van der Waals surface area contributed by atoms with E-state index in [0.717, 1.165) is 18.9 Å². The van der Waals surface area contributed by atoms with Gasteiger partial charge in [-0.25, -0.2) is 4.39 Å². The number of carbonyl (C=O) groups is 3. The quantitative estimate of drug-likeness (QED) is 0.452. The predicted molar refractivity (Wildman–Crippen MR) is 131 cm³/mol. The third-order valence-corrected chi connectivity index (χ3v) is 6.03. The largest absolute Gasteiger partial charge is 0.459 e. The van der Waals surface area contributed by atoms with Crippen LogP contribution in [0.1, 0.15) is 35.0 Å². The second-order valence-electron chi connectivity index (χ2n) is 8.22. The molecule has 1 aliphatic heterocycles. The molecule has 2 atom stereocenters. The van der Waals surface area contributed by atoms with E-state index >= 15 is 0 Å². The molecule has 0 aliphatic carbocycles. The van der Waals surface area contributed by atoms with Crippen LogP contribution in [0.2, 0.25) is 5.02 Å². The van der Waals surface area contributed by atoms with Crippen LogP contribution >= 0.6 is 11.6 Å². The Morgan fingerprint density at radius 3 is 2.56 bits per heavy atom. The Hall–Kier alpha value is -3.69. The molecule has 1 fully saturated rings. The molecule has 0 unspecified atom stereocenters. The van der Waals surface area contributed by atoms with Crippen LogP contribution in [-0.2, 0) is 14.3 Å². The first kappa shape index (κ1) is 25.4. The van der Waals surface area contributed by atoms with Crippen LogP contribution in [0, 0.1) is 5.82 Å². The van der Waals surface area contributed by atoms with Crippen molar-refractivity contribution in [2.24, 2.45) is 0 Å². The number of furan rings is 1. The molecule has 4 rings (SSSR count). The number of nitrogens with one attached hydrogen (secondary N) is 2. The van der Waals surface area contributed by atoms with Gasteiger partial charge in [-0.05, 0) is 48.7 Å². The number of anilines is 1. The van der Waals surface area contributed by atoms with Crippen LogP contribution in [0.4, 0.5) is 10.1 Å². The van der Waals surface area contributed by atoms with Gasteiger partial charge in [-0.1, -0.05) is 41.9 Å². The van der Waals surface area contributed by atoms with Gasteiger partial charge in [-0.15, -0.1) is 0 Å². The summed E-state index contributed by atoms with van der Waals surface area (Å²) in [4.78, 5) is 40.6. The lowest BCUT2D eigenvalue weighted by Crippen LogP contribution is -2.48. The molecule has 10 heteroatoms. The van der Waals surface area contributed by atoms with E-state index in [0.29, 0.717) is 12.2 Å². The average Bonchev–Trinajstić information content (AvgIpc) is 3.61. The fourth-order valence-corrected chi connectivity index (χ4v) is 4.15. The standard InChI is InChI=1S/C26H25ClFN3O5/c27-20-14-18(10-11-21(20)28)31(23(32)16-30-25(33)22-9-5-13-36-22)24(17-6-2-1-3-7-17)26(34)29-15-19-8-4-12-35-19/h1-3,5-7,9-11,13-14,19,24H,4,8,12,15-16H2,(H,29,34)(H,30,33)/t19-,24-/m1/s1. The van der Waals surface area contributed by atoms with Crippen LogP contribution in [0.25, 0.3) is 0 Å². The molecule has 0 saturated carbocycles. The summed E-state index contributed by atoms with van der Waals surface area (Å²) in [5.41, 5.74) is 0.716. The van der Waals surface area contributed by atoms with E-state index < -0.39 is 36.1 Å². The Balaban J connectivity index is 1.65. The van der Waals surface area contributed by atoms with Crippen molar-refractivity contribution < 1.29 is 27.9 Å². The zero-order valence-corrected chi connectivity index (χ0v) is 20.0. The van der Waals surface area contributed by atoms with Gasteiger partial charge in [0.25, 0.3) is 5.91 Å². The summed E-state index contributed by atoms with van der Waals surface area (Å²) in [5.74, 6) is -2.29. The lowest BCUT2D eigenvalue weighted by atomic mass is 10.0. The van der Waals surface area contributed by atoms with Crippen molar-refractivity contribution in [3.63, 3.8) is 0 Å². The number of ether oxygens (including phenoxy) is 1. The molecule has 1 saturated heterocycles. The topological polar surface area (TPSA) is 101 Å². The number of nitrogens with zero attached hydrogens (tertiary/aromatic N) is 1. The summed E-state index contributed by atoms with van der Waals surface area (Å²) < 4.78 is 24.6. The Bertz CT molecular complexity index is 1200. The maximum atomic E-state index is 14.0. The maximum Gasteiger partial charge on any atom is 0.287 e. The second kappa shape index (κ2) is 11.8. The number of rotatable bonds is 9. The van der Waals surface area contributed by atoms with Crippen LogP contribution in [0.15, 0.2) is 71.3 Å². The summed E-state index contributed by atoms with van der Waals surface area (Å²) in [6.45, 7) is 0.469. The van der Waals surface area contributed by atoms with Crippen LogP contribution in [-0.4, -0.2) is 43.5 Å². The smallest absolute Gasteiger partial charge is 0.287 e. The van der Waals surface area contributed by atoms with E-state index in [1.165, 1.54) is 29.4 Å². The summed E-state index contributed by atoms with van der Waals surface area (Å²) >= 11 is 6.02. The van der Waals surface area contributed by atoms with Gasteiger partial charge in [0, 0.05) is 18.8 Å². The molecule has 0 radical (unpaired) electrons. The molecule has 1 aliphatic rings. The first-order chi connectivity index (χ1) is 17.4. The molecule has 2 N–H and O–H groups in total. The maximum absolute atomic E-state index is 14.0. The van der Waals surface area contributed by atoms with Crippen molar-refractivity contribution in [2.45, 2.75) is 25.0 Å². The van der Waals surface area contributed by atoms with E-state index in [-0.39, 0.29) is 29.1 Å². The first-order valence-electron chi connectivity index (χ1n) is 11.5. The summed E-state index contributed by atoms with van der Waals surface area (Å²) in [5, 5.41) is 5.16. The third kappa shape index (κ3) is 6.10. The van der Waals surface area contributed by atoms with Gasteiger partial charge in [0.05, 0.1) is 23.9 Å². The Morgan fingerprint density at radius 1 is 1.08 bits per heavy atom. The molecule has 36 heavy (non-hydrogen) atoms. The van der Waals surface area contributed by atoms with Gasteiger partial charge in [0.1, 0.15) is 11.9 Å². The normalized spacial score (nSPS) is 15.8. The molecular weight excluding hydrogens is 489 g/mol. The van der Waals surface area contributed by atoms with Gasteiger partial charge in [-0.3, -0.25) is 19.3 Å².